The van der Waals surface area contributed by atoms with Crippen molar-refractivity contribution >= 4 is 0 Å². The van der Waals surface area contributed by atoms with Crippen molar-refractivity contribution in [2.45, 2.75) is 25.3 Å². The van der Waals surface area contributed by atoms with Crippen molar-refractivity contribution in [2.24, 2.45) is 11.5 Å². The Morgan fingerprint density at radius 2 is 2.13 bits per heavy atom. The molecule has 0 aliphatic carbocycles. The second-order valence-electron chi connectivity index (χ2n) is 3.49. The van der Waals surface area contributed by atoms with E-state index in [1.807, 2.05) is 0 Å². The van der Waals surface area contributed by atoms with E-state index < -0.39 is 5.69 Å². The van der Waals surface area contributed by atoms with Crippen molar-refractivity contribution in [1.82, 2.24) is 9.97 Å². The third kappa shape index (κ3) is 3.69. The number of aromatic nitrogens is 2. The van der Waals surface area contributed by atoms with Crippen LogP contribution in [0.3, 0.4) is 0 Å². The molecule has 0 radical (unpaired) electrons. The van der Waals surface area contributed by atoms with Crippen LogP contribution in [0.4, 0.5) is 0 Å². The number of rotatable bonds is 5. The number of hydrogen-bond acceptors (Lipinski definition) is 4. The maximum absolute atomic E-state index is 11.3. The predicted molar refractivity (Wildman–Crippen MR) is 57.7 cm³/mol. The molecule has 0 saturated carbocycles. The Morgan fingerprint density at radius 3 is 2.73 bits per heavy atom. The SMILES string of the molecule is NCCCC(N)Cc1c[nH]c(=O)[nH]c1=O. The van der Waals surface area contributed by atoms with Crippen LogP contribution in [-0.4, -0.2) is 22.6 Å². The Bertz CT molecular complexity index is 409. The van der Waals surface area contributed by atoms with E-state index in [4.69, 9.17) is 11.5 Å². The summed E-state index contributed by atoms with van der Waals surface area (Å²) in [6.07, 6.45) is 3.47. The van der Waals surface area contributed by atoms with Gasteiger partial charge in [0.25, 0.3) is 5.56 Å². The van der Waals surface area contributed by atoms with Crippen molar-refractivity contribution in [3.8, 4) is 0 Å². The molecule has 0 aromatic carbocycles. The molecule has 6 nitrogen and oxygen atoms in total. The van der Waals surface area contributed by atoms with Gasteiger partial charge in [0, 0.05) is 17.8 Å². The lowest BCUT2D eigenvalue weighted by Gasteiger charge is -2.09. The topological polar surface area (TPSA) is 118 Å². The summed E-state index contributed by atoms with van der Waals surface area (Å²) in [5.41, 5.74) is 10.8. The third-order valence-electron chi connectivity index (χ3n) is 2.16. The molecule has 0 amide bonds. The van der Waals surface area contributed by atoms with Gasteiger partial charge in [-0.05, 0) is 25.8 Å². The average molecular weight is 212 g/mol. The zero-order valence-corrected chi connectivity index (χ0v) is 8.45. The van der Waals surface area contributed by atoms with Gasteiger partial charge in [-0.1, -0.05) is 0 Å². The first kappa shape index (κ1) is 11.7. The molecule has 6 N–H and O–H groups in total. The van der Waals surface area contributed by atoms with Crippen LogP contribution in [0.25, 0.3) is 0 Å². The quantitative estimate of drug-likeness (QED) is 0.483. The van der Waals surface area contributed by atoms with Crippen LogP contribution in [0.2, 0.25) is 0 Å². The lowest BCUT2D eigenvalue weighted by molar-refractivity contribution is 0.581. The molecule has 0 aliphatic heterocycles. The molecule has 84 valence electrons. The van der Waals surface area contributed by atoms with Crippen molar-refractivity contribution in [1.29, 1.82) is 0 Å². The molecule has 1 unspecified atom stereocenters. The fraction of sp³-hybridized carbons (Fsp3) is 0.556. The van der Waals surface area contributed by atoms with E-state index in [1.165, 1.54) is 6.20 Å². The average Bonchev–Trinajstić information content (AvgIpc) is 2.19. The summed E-state index contributed by atoms with van der Waals surface area (Å²) in [6, 6.07) is -0.0967. The lowest BCUT2D eigenvalue weighted by Crippen LogP contribution is -2.30. The van der Waals surface area contributed by atoms with Gasteiger partial charge in [-0.2, -0.15) is 0 Å². The van der Waals surface area contributed by atoms with Crippen LogP contribution in [0.15, 0.2) is 15.8 Å². The molecular formula is C9H16N4O2. The van der Waals surface area contributed by atoms with E-state index in [-0.39, 0.29) is 11.6 Å². The smallest absolute Gasteiger partial charge is 0.325 e. The molecule has 1 aromatic rings. The van der Waals surface area contributed by atoms with Crippen LogP contribution in [0, 0.1) is 0 Å². The van der Waals surface area contributed by atoms with Gasteiger partial charge in [-0.3, -0.25) is 9.78 Å². The van der Waals surface area contributed by atoms with Gasteiger partial charge < -0.3 is 16.5 Å². The van der Waals surface area contributed by atoms with Gasteiger partial charge in [0.2, 0.25) is 0 Å². The maximum atomic E-state index is 11.3. The summed E-state index contributed by atoms with van der Waals surface area (Å²) in [4.78, 5) is 26.6. The molecular weight excluding hydrogens is 196 g/mol. The van der Waals surface area contributed by atoms with Crippen LogP contribution in [0.5, 0.6) is 0 Å². The van der Waals surface area contributed by atoms with E-state index >= 15 is 0 Å². The van der Waals surface area contributed by atoms with E-state index in [0.717, 1.165) is 12.8 Å². The van der Waals surface area contributed by atoms with Gasteiger partial charge in [-0.25, -0.2) is 4.79 Å². The highest BCUT2D eigenvalue weighted by atomic mass is 16.2. The van der Waals surface area contributed by atoms with Crippen molar-refractivity contribution < 1.29 is 0 Å². The van der Waals surface area contributed by atoms with E-state index in [2.05, 4.69) is 9.97 Å². The van der Waals surface area contributed by atoms with E-state index in [1.54, 1.807) is 0 Å². The first-order valence-corrected chi connectivity index (χ1v) is 4.90. The van der Waals surface area contributed by atoms with Gasteiger partial charge in [-0.15, -0.1) is 0 Å². The second kappa shape index (κ2) is 5.47. The highest BCUT2D eigenvalue weighted by Gasteiger charge is 2.07. The Kier molecular flexibility index (Phi) is 4.26. The number of nitrogens with one attached hydrogen (secondary N) is 2. The molecule has 1 atom stereocenters. The normalized spacial score (nSPS) is 12.7. The van der Waals surface area contributed by atoms with Gasteiger partial charge in [0.05, 0.1) is 0 Å². The molecule has 0 spiro atoms. The molecule has 1 rings (SSSR count). The lowest BCUT2D eigenvalue weighted by atomic mass is 10.1. The fourth-order valence-electron chi connectivity index (χ4n) is 1.35. The first-order valence-electron chi connectivity index (χ1n) is 4.90. The summed E-state index contributed by atoms with van der Waals surface area (Å²) in [7, 11) is 0. The van der Waals surface area contributed by atoms with Crippen LogP contribution in [-0.2, 0) is 6.42 Å². The van der Waals surface area contributed by atoms with E-state index in [9.17, 15) is 9.59 Å². The van der Waals surface area contributed by atoms with Crippen LogP contribution >= 0.6 is 0 Å². The molecule has 0 aliphatic rings. The Balaban J connectivity index is 2.64. The zero-order chi connectivity index (χ0) is 11.3. The molecule has 1 heterocycles. The summed E-state index contributed by atoms with van der Waals surface area (Å²) in [5.74, 6) is 0. The van der Waals surface area contributed by atoms with Gasteiger partial charge >= 0.3 is 5.69 Å². The molecule has 0 fully saturated rings. The molecule has 0 bridgehead atoms. The number of hydrogen-bond donors (Lipinski definition) is 4. The van der Waals surface area contributed by atoms with Crippen LogP contribution in [0.1, 0.15) is 18.4 Å². The minimum absolute atomic E-state index is 0.0967. The number of H-pyrrole nitrogens is 2. The number of aromatic amines is 2. The molecule has 1 aromatic heterocycles. The third-order valence-corrected chi connectivity index (χ3v) is 2.16. The molecule has 15 heavy (non-hydrogen) atoms. The first-order chi connectivity index (χ1) is 7.13. The minimum atomic E-state index is -0.501. The minimum Gasteiger partial charge on any atom is -0.330 e. The summed E-state index contributed by atoms with van der Waals surface area (Å²) >= 11 is 0. The summed E-state index contributed by atoms with van der Waals surface area (Å²) in [6.45, 7) is 0.593. The summed E-state index contributed by atoms with van der Waals surface area (Å²) in [5, 5.41) is 0. The standard InChI is InChI=1S/C9H16N4O2/c10-3-1-2-7(11)4-6-5-12-9(15)13-8(6)14/h5,7H,1-4,10-11H2,(H2,12,13,14,15). The monoisotopic (exact) mass is 212 g/mol. The molecule has 6 heteroatoms. The van der Waals surface area contributed by atoms with Crippen molar-refractivity contribution in [3.05, 3.63) is 32.6 Å². The predicted octanol–water partition coefficient (Wildman–Crippen LogP) is -1.33. The number of nitrogens with two attached hydrogens (primary N) is 2. The Labute approximate surface area is 86.7 Å². The summed E-state index contributed by atoms with van der Waals surface area (Å²) < 4.78 is 0. The second-order valence-corrected chi connectivity index (χ2v) is 3.49. The Hall–Kier alpha value is -1.40. The van der Waals surface area contributed by atoms with Crippen molar-refractivity contribution in [2.75, 3.05) is 6.54 Å². The van der Waals surface area contributed by atoms with Crippen LogP contribution < -0.4 is 22.7 Å². The van der Waals surface area contributed by atoms with Gasteiger partial charge in [0.1, 0.15) is 0 Å². The molecule has 0 saturated heterocycles. The Morgan fingerprint density at radius 1 is 1.40 bits per heavy atom. The van der Waals surface area contributed by atoms with Crippen molar-refractivity contribution in [3.63, 3.8) is 0 Å². The fourth-order valence-corrected chi connectivity index (χ4v) is 1.35. The highest BCUT2D eigenvalue weighted by Crippen LogP contribution is 1.99. The van der Waals surface area contributed by atoms with Gasteiger partial charge in [0.15, 0.2) is 0 Å². The highest BCUT2D eigenvalue weighted by molar-refractivity contribution is 5.05. The largest absolute Gasteiger partial charge is 0.330 e. The van der Waals surface area contributed by atoms with E-state index in [0.29, 0.717) is 18.5 Å². The maximum Gasteiger partial charge on any atom is 0.325 e. The zero-order valence-electron chi connectivity index (χ0n) is 8.45.